The van der Waals surface area contributed by atoms with Crippen molar-refractivity contribution in [3.63, 3.8) is 0 Å². The van der Waals surface area contributed by atoms with E-state index < -0.39 is 32.5 Å². The molecule has 0 rings (SSSR count). The van der Waals surface area contributed by atoms with Crippen molar-refractivity contribution in [2.45, 2.75) is 123 Å². The van der Waals surface area contributed by atoms with Gasteiger partial charge in [0.05, 0.1) is 27.7 Å². The van der Waals surface area contributed by atoms with Crippen LogP contribution in [0.2, 0.25) is 0 Å². The lowest BCUT2D eigenvalue weighted by molar-refractivity contribution is -0.870. The Labute approximate surface area is 280 Å². The molecule has 0 amide bonds. The number of ether oxygens (including phenoxy) is 2. The summed E-state index contributed by atoms with van der Waals surface area (Å²) < 4.78 is 33.0. The van der Waals surface area contributed by atoms with E-state index in [1.54, 1.807) is 0 Å². The molecule has 0 aromatic heterocycles. The van der Waals surface area contributed by atoms with Crippen LogP contribution in [0.1, 0.15) is 117 Å². The second kappa shape index (κ2) is 29.1. The van der Waals surface area contributed by atoms with Gasteiger partial charge in [-0.05, 0) is 44.9 Å². The van der Waals surface area contributed by atoms with Gasteiger partial charge in [-0.3, -0.25) is 18.6 Å². The SMILES string of the molecule is CC/C=C\C/C=C\C/C=C\C/C=C\CCCCCCCCCCCCC(=O)OC(COC(C)=O)COP(=O)(O)OCC[N+](C)(C)C. The van der Waals surface area contributed by atoms with E-state index in [-0.39, 0.29) is 19.6 Å². The van der Waals surface area contributed by atoms with E-state index in [9.17, 15) is 19.0 Å². The summed E-state index contributed by atoms with van der Waals surface area (Å²) >= 11 is 0. The number of nitrogens with zero attached hydrogens (tertiary/aromatic N) is 1. The second-order valence-corrected chi connectivity index (χ2v) is 14.1. The minimum absolute atomic E-state index is 0.0267. The van der Waals surface area contributed by atoms with Gasteiger partial charge in [-0.25, -0.2) is 4.57 Å². The fourth-order valence-corrected chi connectivity index (χ4v) is 5.00. The molecule has 2 atom stereocenters. The predicted octanol–water partition coefficient (Wildman–Crippen LogP) is 8.79. The number of quaternary nitrogens is 1. The monoisotopic (exact) mass is 670 g/mol. The second-order valence-electron chi connectivity index (χ2n) is 12.6. The topological polar surface area (TPSA) is 108 Å². The first-order valence-electron chi connectivity index (χ1n) is 17.3. The fraction of sp³-hybridized carbons (Fsp3) is 0.722. The molecule has 266 valence electrons. The van der Waals surface area contributed by atoms with Crippen LogP contribution in [-0.4, -0.2) is 74.9 Å². The van der Waals surface area contributed by atoms with E-state index in [0.717, 1.165) is 51.4 Å². The van der Waals surface area contributed by atoms with Gasteiger partial charge in [0.25, 0.3) is 0 Å². The average Bonchev–Trinajstić information content (AvgIpc) is 2.98. The Morgan fingerprint density at radius 1 is 0.717 bits per heavy atom. The number of carbonyl (C=O) groups is 2. The average molecular weight is 671 g/mol. The van der Waals surface area contributed by atoms with Crippen molar-refractivity contribution < 1.29 is 42.1 Å². The number of likely N-dealkylation sites (N-methyl/N-ethyl adjacent to an activating group) is 1. The number of allylic oxidation sites excluding steroid dienone is 8. The third-order valence-electron chi connectivity index (χ3n) is 6.93. The molecule has 0 bridgehead atoms. The van der Waals surface area contributed by atoms with Gasteiger partial charge in [0.1, 0.15) is 19.8 Å². The van der Waals surface area contributed by atoms with E-state index in [1.165, 1.54) is 45.4 Å². The third-order valence-corrected chi connectivity index (χ3v) is 7.92. The van der Waals surface area contributed by atoms with Gasteiger partial charge in [-0.15, -0.1) is 0 Å². The van der Waals surface area contributed by atoms with Crippen LogP contribution in [0.5, 0.6) is 0 Å². The maximum atomic E-state index is 12.3. The number of esters is 2. The van der Waals surface area contributed by atoms with Crippen LogP contribution in [0, 0.1) is 0 Å². The summed E-state index contributed by atoms with van der Waals surface area (Å²) in [6, 6.07) is 0. The summed E-state index contributed by atoms with van der Waals surface area (Å²) in [6.07, 6.45) is 33.8. The van der Waals surface area contributed by atoms with Gasteiger partial charge >= 0.3 is 19.8 Å². The molecule has 0 aliphatic heterocycles. The molecule has 0 aliphatic carbocycles. The molecule has 0 aliphatic rings. The van der Waals surface area contributed by atoms with Gasteiger partial charge in [-0.2, -0.15) is 0 Å². The molecule has 0 aromatic rings. The zero-order valence-corrected chi connectivity index (χ0v) is 30.4. The van der Waals surface area contributed by atoms with Gasteiger partial charge in [0.2, 0.25) is 0 Å². The van der Waals surface area contributed by atoms with E-state index in [0.29, 0.717) is 17.4 Å². The third kappa shape index (κ3) is 33.3. The minimum Gasteiger partial charge on any atom is -0.462 e. The van der Waals surface area contributed by atoms with E-state index in [2.05, 4.69) is 55.5 Å². The summed E-state index contributed by atoms with van der Waals surface area (Å²) in [4.78, 5) is 33.5. The molecule has 0 saturated heterocycles. The number of unbranched alkanes of at least 4 members (excludes halogenated alkanes) is 10. The van der Waals surface area contributed by atoms with Crippen molar-refractivity contribution in [2.24, 2.45) is 0 Å². The van der Waals surface area contributed by atoms with Crippen LogP contribution in [0.25, 0.3) is 0 Å². The van der Waals surface area contributed by atoms with Crippen molar-refractivity contribution in [1.82, 2.24) is 0 Å². The highest BCUT2D eigenvalue weighted by molar-refractivity contribution is 7.47. The van der Waals surface area contributed by atoms with Gasteiger partial charge in [0.15, 0.2) is 6.10 Å². The fourth-order valence-electron chi connectivity index (χ4n) is 4.26. The molecular weight excluding hydrogens is 605 g/mol. The highest BCUT2D eigenvalue weighted by Gasteiger charge is 2.26. The number of phosphoric ester groups is 1. The molecular formula is C36H65NO8P+. The maximum absolute atomic E-state index is 12.3. The molecule has 10 heteroatoms. The Bertz CT molecular complexity index is 939. The molecule has 0 radical (unpaired) electrons. The largest absolute Gasteiger partial charge is 0.472 e. The molecule has 0 heterocycles. The summed E-state index contributed by atoms with van der Waals surface area (Å²) in [7, 11) is 1.46. The van der Waals surface area contributed by atoms with E-state index in [1.807, 2.05) is 21.1 Å². The Kier molecular flexibility index (Phi) is 27.8. The zero-order valence-electron chi connectivity index (χ0n) is 29.5. The summed E-state index contributed by atoms with van der Waals surface area (Å²) in [5, 5.41) is 0. The highest BCUT2D eigenvalue weighted by atomic mass is 31.2. The molecule has 9 nitrogen and oxygen atoms in total. The van der Waals surface area contributed by atoms with Gasteiger partial charge in [-0.1, -0.05) is 107 Å². The molecule has 46 heavy (non-hydrogen) atoms. The van der Waals surface area contributed by atoms with Gasteiger partial charge < -0.3 is 18.9 Å². The number of rotatable bonds is 30. The smallest absolute Gasteiger partial charge is 0.462 e. The predicted molar refractivity (Wildman–Crippen MR) is 187 cm³/mol. The normalized spacial score (nSPS) is 14.5. The Hall–Kier alpha value is -2.03. The molecule has 1 N–H and O–H groups in total. The molecule has 0 saturated carbocycles. The minimum atomic E-state index is -4.33. The quantitative estimate of drug-likeness (QED) is 0.0266. The van der Waals surface area contributed by atoms with Crippen molar-refractivity contribution in [1.29, 1.82) is 0 Å². The lowest BCUT2D eigenvalue weighted by atomic mass is 10.0. The zero-order chi connectivity index (χ0) is 34.4. The van der Waals surface area contributed by atoms with Crippen LogP contribution in [0.4, 0.5) is 0 Å². The summed E-state index contributed by atoms with van der Waals surface area (Å²) in [6.45, 7) is 3.25. The Morgan fingerprint density at radius 2 is 1.22 bits per heavy atom. The number of phosphoric acid groups is 1. The maximum Gasteiger partial charge on any atom is 0.472 e. The lowest BCUT2D eigenvalue weighted by Crippen LogP contribution is -2.37. The van der Waals surface area contributed by atoms with Crippen molar-refractivity contribution in [3.05, 3.63) is 48.6 Å². The highest BCUT2D eigenvalue weighted by Crippen LogP contribution is 2.43. The molecule has 0 aromatic carbocycles. The molecule has 2 unspecified atom stereocenters. The Morgan fingerprint density at radius 3 is 1.74 bits per heavy atom. The van der Waals surface area contributed by atoms with Crippen LogP contribution in [0.3, 0.4) is 0 Å². The van der Waals surface area contributed by atoms with Crippen molar-refractivity contribution in [3.8, 4) is 0 Å². The first-order chi connectivity index (χ1) is 21.9. The Balaban J connectivity index is 3.87. The number of hydrogen-bond acceptors (Lipinski definition) is 7. The van der Waals surface area contributed by atoms with E-state index in [4.69, 9.17) is 18.5 Å². The van der Waals surface area contributed by atoms with Crippen LogP contribution < -0.4 is 0 Å². The first kappa shape index (κ1) is 44.0. The van der Waals surface area contributed by atoms with Crippen molar-refractivity contribution >= 4 is 19.8 Å². The van der Waals surface area contributed by atoms with Crippen LogP contribution in [0.15, 0.2) is 48.6 Å². The van der Waals surface area contributed by atoms with Crippen LogP contribution >= 0.6 is 7.82 Å². The van der Waals surface area contributed by atoms with Crippen molar-refractivity contribution in [2.75, 3.05) is 47.5 Å². The molecule has 0 fully saturated rings. The number of carbonyl (C=O) groups excluding carboxylic acids is 2. The molecule has 0 spiro atoms. The standard InChI is InChI=1S/C36H64NO8P/c1-6-7-8-9-10-11-12-13-14-15-16-17-18-19-20-21-22-23-24-25-26-27-28-29-36(39)45-35(32-42-34(2)38)33-44-46(40,41)43-31-30-37(3,4)5/h7-8,10-11,13-14,16-17,35H,6,9,12,15,18-33H2,1-5H3/p+1/b8-7-,11-10-,14-13-,17-16-. The lowest BCUT2D eigenvalue weighted by Gasteiger charge is -2.24. The summed E-state index contributed by atoms with van der Waals surface area (Å²) in [5.74, 6) is -1.00. The first-order valence-corrected chi connectivity index (χ1v) is 18.8. The number of hydrogen-bond donors (Lipinski definition) is 1. The van der Waals surface area contributed by atoms with Gasteiger partial charge in [0, 0.05) is 13.3 Å². The van der Waals surface area contributed by atoms with Crippen LogP contribution in [-0.2, 0) is 32.7 Å². The van der Waals surface area contributed by atoms with E-state index >= 15 is 0 Å². The summed E-state index contributed by atoms with van der Waals surface area (Å²) in [5.41, 5.74) is 0.